The Balaban J connectivity index is 2.05. The van der Waals surface area contributed by atoms with Gasteiger partial charge in [-0.15, -0.1) is 0 Å². The lowest BCUT2D eigenvalue weighted by atomic mass is 9.90. The van der Waals surface area contributed by atoms with Gasteiger partial charge in [0.2, 0.25) is 0 Å². The number of hydrogen-bond acceptors (Lipinski definition) is 4. The van der Waals surface area contributed by atoms with Gasteiger partial charge < -0.3 is 19.3 Å². The molecule has 0 radical (unpaired) electrons. The van der Waals surface area contributed by atoms with E-state index in [0.717, 1.165) is 0 Å². The summed E-state index contributed by atoms with van der Waals surface area (Å²) >= 11 is 0. The average molecular weight is 216 g/mol. The summed E-state index contributed by atoms with van der Waals surface area (Å²) in [5.74, 6) is -2.30. The van der Waals surface area contributed by atoms with Gasteiger partial charge in [-0.25, -0.2) is 0 Å². The van der Waals surface area contributed by atoms with E-state index in [1.165, 1.54) is 0 Å². The molecule has 1 N–H and O–H groups in total. The second kappa shape index (κ2) is 3.43. The molecule has 1 atom stereocenters. The van der Waals surface area contributed by atoms with Gasteiger partial charge in [-0.1, -0.05) is 13.8 Å². The Morgan fingerprint density at radius 2 is 1.80 bits per heavy atom. The summed E-state index contributed by atoms with van der Waals surface area (Å²) in [5, 5.41) is 8.72. The number of aliphatic carboxylic acids is 1. The summed E-state index contributed by atoms with van der Waals surface area (Å²) in [4.78, 5) is 10.6. The van der Waals surface area contributed by atoms with Crippen molar-refractivity contribution >= 4 is 5.97 Å². The van der Waals surface area contributed by atoms with Crippen LogP contribution < -0.4 is 0 Å². The van der Waals surface area contributed by atoms with Crippen molar-refractivity contribution in [1.82, 2.24) is 0 Å². The molecule has 3 aliphatic heterocycles. The summed E-state index contributed by atoms with van der Waals surface area (Å²) in [6.45, 7) is 5.49. The zero-order valence-electron chi connectivity index (χ0n) is 8.99. The highest BCUT2D eigenvalue weighted by Crippen LogP contribution is 2.42. The standard InChI is InChI=1S/C10H16O5/c1-7(3-8(11)12)10-13-4-9(2,5-14-10)6-15-10/h7H,3-6H2,1-2H3,(H,11,12). The molecule has 1 unspecified atom stereocenters. The maximum atomic E-state index is 10.6. The minimum Gasteiger partial charge on any atom is -0.481 e. The third-order valence-electron chi connectivity index (χ3n) is 2.95. The SMILES string of the molecule is CC(CC(=O)O)C12OCC(C)(CO1)CO2. The molecule has 0 aromatic heterocycles. The Bertz CT molecular complexity index is 250. The lowest BCUT2D eigenvalue weighted by Crippen LogP contribution is -2.61. The quantitative estimate of drug-likeness (QED) is 0.757. The minimum atomic E-state index is -1.13. The van der Waals surface area contributed by atoms with Crippen LogP contribution in [0.15, 0.2) is 0 Å². The Labute approximate surface area is 88.3 Å². The van der Waals surface area contributed by atoms with Crippen LogP contribution in [0.5, 0.6) is 0 Å². The van der Waals surface area contributed by atoms with Crippen LogP contribution in [-0.2, 0) is 19.0 Å². The van der Waals surface area contributed by atoms with Crippen LogP contribution in [0.4, 0.5) is 0 Å². The van der Waals surface area contributed by atoms with Gasteiger partial charge in [0.05, 0.1) is 26.2 Å². The van der Waals surface area contributed by atoms with Gasteiger partial charge in [-0.05, 0) is 0 Å². The predicted octanol–water partition coefficient (Wildman–Crippen LogP) is 0.834. The molecule has 3 fully saturated rings. The molecule has 3 saturated heterocycles. The molecule has 3 aliphatic rings. The number of hydrogen-bond donors (Lipinski definition) is 1. The van der Waals surface area contributed by atoms with Crippen LogP contribution in [0.3, 0.4) is 0 Å². The van der Waals surface area contributed by atoms with E-state index >= 15 is 0 Å². The van der Waals surface area contributed by atoms with Gasteiger partial charge in [-0.2, -0.15) is 0 Å². The lowest BCUT2D eigenvalue weighted by molar-refractivity contribution is -0.482. The molecule has 0 aromatic carbocycles. The normalized spacial score (nSPS) is 41.5. The van der Waals surface area contributed by atoms with Crippen molar-refractivity contribution < 1.29 is 24.1 Å². The number of fused-ring (bicyclic) bond motifs is 3. The number of carboxylic acid groups (broad SMARTS) is 1. The fraction of sp³-hybridized carbons (Fsp3) is 0.900. The van der Waals surface area contributed by atoms with E-state index < -0.39 is 11.9 Å². The van der Waals surface area contributed by atoms with Gasteiger partial charge in [0.25, 0.3) is 5.97 Å². The van der Waals surface area contributed by atoms with Crippen LogP contribution in [-0.4, -0.2) is 36.9 Å². The maximum absolute atomic E-state index is 10.6. The van der Waals surface area contributed by atoms with E-state index in [9.17, 15) is 4.79 Å². The highest BCUT2D eigenvalue weighted by Gasteiger charge is 2.53. The third kappa shape index (κ3) is 1.87. The monoisotopic (exact) mass is 216 g/mol. The second-order valence-corrected chi connectivity index (χ2v) is 4.78. The molecule has 0 saturated carbocycles. The lowest BCUT2D eigenvalue weighted by Gasteiger charge is -2.52. The fourth-order valence-corrected chi connectivity index (χ4v) is 1.89. The van der Waals surface area contributed by atoms with Crippen molar-refractivity contribution in [2.45, 2.75) is 26.2 Å². The van der Waals surface area contributed by atoms with Gasteiger partial charge >= 0.3 is 5.97 Å². The molecular formula is C10H16O5. The molecule has 5 nitrogen and oxygen atoms in total. The Morgan fingerprint density at radius 3 is 2.20 bits per heavy atom. The summed E-state index contributed by atoms with van der Waals surface area (Å²) in [6.07, 6.45) is -0.0171. The Morgan fingerprint density at radius 1 is 1.33 bits per heavy atom. The fourth-order valence-electron chi connectivity index (χ4n) is 1.89. The van der Waals surface area contributed by atoms with Crippen molar-refractivity contribution in [3.05, 3.63) is 0 Å². The first-order valence-corrected chi connectivity index (χ1v) is 5.09. The third-order valence-corrected chi connectivity index (χ3v) is 2.95. The Hall–Kier alpha value is -0.650. The summed E-state index contributed by atoms with van der Waals surface area (Å²) in [7, 11) is 0. The molecular weight excluding hydrogens is 200 g/mol. The molecule has 3 heterocycles. The molecule has 3 rings (SSSR count). The highest BCUT2D eigenvalue weighted by molar-refractivity contribution is 5.67. The largest absolute Gasteiger partial charge is 0.481 e. The number of rotatable bonds is 3. The van der Waals surface area contributed by atoms with Crippen molar-refractivity contribution in [1.29, 1.82) is 0 Å². The topological polar surface area (TPSA) is 65.0 Å². The van der Waals surface area contributed by atoms with Crippen LogP contribution >= 0.6 is 0 Å². The van der Waals surface area contributed by atoms with E-state index in [1.54, 1.807) is 6.92 Å². The van der Waals surface area contributed by atoms with Gasteiger partial charge in [-0.3, -0.25) is 4.79 Å². The van der Waals surface area contributed by atoms with Crippen LogP contribution in [0.2, 0.25) is 0 Å². The van der Waals surface area contributed by atoms with Crippen LogP contribution in [0.25, 0.3) is 0 Å². The first-order chi connectivity index (χ1) is 6.96. The van der Waals surface area contributed by atoms with E-state index in [0.29, 0.717) is 19.8 Å². The summed E-state index contributed by atoms with van der Waals surface area (Å²) in [6, 6.07) is 0. The number of carbonyl (C=O) groups is 1. The van der Waals surface area contributed by atoms with Gasteiger partial charge in [0, 0.05) is 11.3 Å². The molecule has 0 aliphatic carbocycles. The molecule has 0 spiro atoms. The van der Waals surface area contributed by atoms with Gasteiger partial charge in [0.15, 0.2) is 0 Å². The molecule has 0 amide bonds. The molecule has 0 aromatic rings. The highest BCUT2D eigenvalue weighted by atomic mass is 16.9. The molecule has 15 heavy (non-hydrogen) atoms. The Kier molecular flexibility index (Phi) is 2.48. The zero-order valence-corrected chi connectivity index (χ0v) is 8.99. The van der Waals surface area contributed by atoms with E-state index in [2.05, 4.69) is 0 Å². The van der Waals surface area contributed by atoms with Crippen LogP contribution in [0.1, 0.15) is 20.3 Å². The first kappa shape index (κ1) is 10.9. The number of ether oxygens (including phenoxy) is 3. The van der Waals surface area contributed by atoms with Crippen molar-refractivity contribution in [2.24, 2.45) is 11.3 Å². The number of carboxylic acids is 1. The van der Waals surface area contributed by atoms with E-state index in [-0.39, 0.29) is 17.8 Å². The summed E-state index contributed by atoms with van der Waals surface area (Å²) < 4.78 is 16.6. The molecule has 86 valence electrons. The first-order valence-electron chi connectivity index (χ1n) is 5.09. The second-order valence-electron chi connectivity index (χ2n) is 4.78. The smallest absolute Gasteiger partial charge is 0.303 e. The maximum Gasteiger partial charge on any atom is 0.303 e. The van der Waals surface area contributed by atoms with Crippen molar-refractivity contribution in [3.63, 3.8) is 0 Å². The minimum absolute atomic E-state index is 0.0171. The zero-order chi connectivity index (χ0) is 11.1. The van der Waals surface area contributed by atoms with Crippen molar-refractivity contribution in [2.75, 3.05) is 19.8 Å². The average Bonchev–Trinajstić information content (AvgIpc) is 2.18. The molecule has 2 bridgehead atoms. The van der Waals surface area contributed by atoms with E-state index in [4.69, 9.17) is 19.3 Å². The molecule has 5 heteroatoms. The van der Waals surface area contributed by atoms with Crippen LogP contribution in [0, 0.1) is 11.3 Å². The van der Waals surface area contributed by atoms with Crippen molar-refractivity contribution in [3.8, 4) is 0 Å². The van der Waals surface area contributed by atoms with E-state index in [1.807, 2.05) is 6.92 Å². The van der Waals surface area contributed by atoms with Gasteiger partial charge in [0.1, 0.15) is 0 Å². The predicted molar refractivity (Wildman–Crippen MR) is 50.1 cm³/mol. The summed E-state index contributed by atoms with van der Waals surface area (Å²) in [5.41, 5.74) is -0.0787.